The first-order valence-corrected chi connectivity index (χ1v) is 6.17. The van der Waals surface area contributed by atoms with Crippen LogP contribution in [0.3, 0.4) is 0 Å². The number of halogens is 3. The number of anilines is 2. The summed E-state index contributed by atoms with van der Waals surface area (Å²) in [6.07, 6.45) is 1.74. The summed E-state index contributed by atoms with van der Waals surface area (Å²) in [5, 5.41) is 0. The van der Waals surface area contributed by atoms with Crippen molar-refractivity contribution in [2.75, 3.05) is 17.7 Å². The monoisotopic (exact) mass is 276 g/mol. The van der Waals surface area contributed by atoms with Gasteiger partial charge in [0.05, 0.1) is 11.4 Å². The van der Waals surface area contributed by atoms with Crippen LogP contribution < -0.4 is 15.4 Å². The minimum atomic E-state index is -3.07. The first-order valence-electron chi connectivity index (χ1n) is 6.17. The van der Waals surface area contributed by atoms with Gasteiger partial charge in [-0.25, -0.2) is 4.39 Å². The molecule has 0 spiro atoms. The van der Waals surface area contributed by atoms with E-state index in [2.05, 4.69) is 4.74 Å². The zero-order valence-corrected chi connectivity index (χ0v) is 11.3. The highest BCUT2D eigenvalue weighted by Crippen LogP contribution is 2.33. The number of benzene rings is 1. The summed E-state index contributed by atoms with van der Waals surface area (Å²) in [7, 11) is 1.80. The lowest BCUT2D eigenvalue weighted by atomic mass is 10.1. The fraction of sp³-hybridized carbons (Fsp3) is 0.538. The van der Waals surface area contributed by atoms with Crippen molar-refractivity contribution in [1.29, 1.82) is 0 Å². The van der Waals surface area contributed by atoms with Gasteiger partial charge in [0, 0.05) is 25.2 Å². The van der Waals surface area contributed by atoms with Gasteiger partial charge in [-0.1, -0.05) is 13.8 Å². The van der Waals surface area contributed by atoms with Gasteiger partial charge in [-0.15, -0.1) is 0 Å². The molecule has 0 heterocycles. The molecule has 1 rings (SSSR count). The number of hydrogen-bond donors (Lipinski definition) is 1. The first kappa shape index (κ1) is 15.5. The van der Waals surface area contributed by atoms with E-state index in [-0.39, 0.29) is 11.7 Å². The van der Waals surface area contributed by atoms with Crippen molar-refractivity contribution >= 4 is 11.4 Å². The molecule has 0 amide bonds. The maximum Gasteiger partial charge on any atom is 0.387 e. The summed E-state index contributed by atoms with van der Waals surface area (Å²) in [6.45, 7) is 0.964. The Labute approximate surface area is 111 Å². The Morgan fingerprint density at radius 3 is 2.32 bits per heavy atom. The van der Waals surface area contributed by atoms with Crippen molar-refractivity contribution < 1.29 is 17.9 Å². The molecule has 6 heteroatoms. The Kier molecular flexibility index (Phi) is 5.32. The van der Waals surface area contributed by atoms with E-state index in [1.807, 2.05) is 18.7 Å². The maximum atomic E-state index is 13.5. The molecule has 0 radical (unpaired) electrons. The van der Waals surface area contributed by atoms with Gasteiger partial charge in [0.2, 0.25) is 0 Å². The van der Waals surface area contributed by atoms with Gasteiger partial charge in [0.25, 0.3) is 0 Å². The number of nitrogens with zero attached hydrogens (tertiary/aromatic N) is 1. The summed E-state index contributed by atoms with van der Waals surface area (Å²) < 4.78 is 42.0. The van der Waals surface area contributed by atoms with E-state index in [1.165, 1.54) is 6.07 Å². The SMILES string of the molecule is CCC(CC)N(C)c1cc(OC(F)F)c(F)cc1N. The summed E-state index contributed by atoms with van der Waals surface area (Å²) in [6, 6.07) is 2.42. The van der Waals surface area contributed by atoms with E-state index in [4.69, 9.17) is 5.73 Å². The Hall–Kier alpha value is -1.59. The second kappa shape index (κ2) is 6.54. The van der Waals surface area contributed by atoms with E-state index < -0.39 is 18.2 Å². The molecular formula is C13H19F3N2O. The fourth-order valence-electron chi connectivity index (χ4n) is 2.08. The molecule has 0 aliphatic heterocycles. The summed E-state index contributed by atoms with van der Waals surface area (Å²) >= 11 is 0. The predicted molar refractivity (Wildman–Crippen MR) is 70.2 cm³/mol. The van der Waals surface area contributed by atoms with Gasteiger partial charge in [0.1, 0.15) is 0 Å². The van der Waals surface area contributed by atoms with Crippen LogP contribution >= 0.6 is 0 Å². The van der Waals surface area contributed by atoms with E-state index in [1.54, 1.807) is 7.05 Å². The number of nitrogen functional groups attached to an aromatic ring is 1. The van der Waals surface area contributed by atoms with Gasteiger partial charge < -0.3 is 15.4 Å². The zero-order chi connectivity index (χ0) is 14.6. The van der Waals surface area contributed by atoms with Crippen LogP contribution in [0.1, 0.15) is 26.7 Å². The molecule has 0 aromatic heterocycles. The van der Waals surface area contributed by atoms with Gasteiger partial charge in [-0.2, -0.15) is 8.78 Å². The number of nitrogens with two attached hydrogens (primary N) is 1. The quantitative estimate of drug-likeness (QED) is 0.806. The molecule has 108 valence electrons. The number of rotatable bonds is 6. The highest BCUT2D eigenvalue weighted by molar-refractivity contribution is 5.70. The molecule has 0 atom stereocenters. The van der Waals surface area contributed by atoms with Crippen molar-refractivity contribution in [3.8, 4) is 5.75 Å². The largest absolute Gasteiger partial charge is 0.432 e. The third-order valence-corrected chi connectivity index (χ3v) is 3.17. The zero-order valence-electron chi connectivity index (χ0n) is 11.3. The lowest BCUT2D eigenvalue weighted by Crippen LogP contribution is -2.31. The van der Waals surface area contributed by atoms with Crippen molar-refractivity contribution in [2.24, 2.45) is 0 Å². The van der Waals surface area contributed by atoms with Crippen molar-refractivity contribution in [3.05, 3.63) is 17.9 Å². The standard InChI is InChI=1S/C13H19F3N2O/c1-4-8(5-2)18(3)11-7-12(19-13(15)16)9(14)6-10(11)17/h6-8,13H,4-5,17H2,1-3H3. The van der Waals surface area contributed by atoms with E-state index in [0.29, 0.717) is 5.69 Å². The van der Waals surface area contributed by atoms with Crippen molar-refractivity contribution in [3.63, 3.8) is 0 Å². The molecule has 0 bridgehead atoms. The summed E-state index contributed by atoms with van der Waals surface area (Å²) in [5.41, 5.74) is 6.44. The first-order chi connectivity index (χ1) is 8.90. The van der Waals surface area contributed by atoms with Crippen LogP contribution in [0, 0.1) is 5.82 Å². The van der Waals surface area contributed by atoms with Crippen LogP contribution in [0.5, 0.6) is 5.75 Å². The average Bonchev–Trinajstić information content (AvgIpc) is 2.33. The third kappa shape index (κ3) is 3.68. The Balaban J connectivity index is 3.12. The van der Waals surface area contributed by atoms with Gasteiger partial charge in [-0.3, -0.25) is 0 Å². The highest BCUT2D eigenvalue weighted by Gasteiger charge is 2.18. The van der Waals surface area contributed by atoms with E-state index in [0.717, 1.165) is 18.9 Å². The molecule has 1 aromatic carbocycles. The highest BCUT2D eigenvalue weighted by atomic mass is 19.3. The normalized spacial score (nSPS) is 11.2. The van der Waals surface area contributed by atoms with Gasteiger partial charge in [0.15, 0.2) is 11.6 Å². The third-order valence-electron chi connectivity index (χ3n) is 3.17. The van der Waals surface area contributed by atoms with Crippen LogP contribution in [0.2, 0.25) is 0 Å². The Morgan fingerprint density at radius 1 is 1.26 bits per heavy atom. The minimum absolute atomic E-state index is 0.201. The smallest absolute Gasteiger partial charge is 0.387 e. The van der Waals surface area contributed by atoms with E-state index >= 15 is 0 Å². The number of alkyl halides is 2. The van der Waals surface area contributed by atoms with Crippen LogP contribution in [0.15, 0.2) is 12.1 Å². The molecule has 0 saturated carbocycles. The second-order valence-corrected chi connectivity index (χ2v) is 4.30. The lowest BCUT2D eigenvalue weighted by Gasteiger charge is -2.29. The van der Waals surface area contributed by atoms with E-state index in [9.17, 15) is 13.2 Å². The Bertz CT molecular complexity index is 423. The molecule has 3 nitrogen and oxygen atoms in total. The topological polar surface area (TPSA) is 38.5 Å². The number of hydrogen-bond acceptors (Lipinski definition) is 3. The van der Waals surface area contributed by atoms with Crippen molar-refractivity contribution in [2.45, 2.75) is 39.3 Å². The fourth-order valence-corrected chi connectivity index (χ4v) is 2.08. The molecule has 0 aliphatic rings. The average molecular weight is 276 g/mol. The molecule has 1 aromatic rings. The van der Waals surface area contributed by atoms with Crippen LogP contribution in [-0.4, -0.2) is 19.7 Å². The van der Waals surface area contributed by atoms with Gasteiger partial charge >= 0.3 is 6.61 Å². The summed E-state index contributed by atoms with van der Waals surface area (Å²) in [4.78, 5) is 1.85. The van der Waals surface area contributed by atoms with Crippen LogP contribution in [0.4, 0.5) is 24.5 Å². The van der Waals surface area contributed by atoms with Gasteiger partial charge in [-0.05, 0) is 12.8 Å². The second-order valence-electron chi connectivity index (χ2n) is 4.30. The maximum absolute atomic E-state index is 13.5. The molecular weight excluding hydrogens is 257 g/mol. The molecule has 0 fully saturated rings. The summed E-state index contributed by atoms with van der Waals surface area (Å²) in [5.74, 6) is -1.38. The Morgan fingerprint density at radius 2 is 1.84 bits per heavy atom. The number of ether oxygens (including phenoxy) is 1. The predicted octanol–water partition coefficient (Wildman–Crippen LogP) is 3.63. The molecule has 19 heavy (non-hydrogen) atoms. The minimum Gasteiger partial charge on any atom is -0.432 e. The van der Waals surface area contributed by atoms with Crippen molar-refractivity contribution in [1.82, 2.24) is 0 Å². The molecule has 2 N–H and O–H groups in total. The molecule has 0 saturated heterocycles. The molecule has 0 aliphatic carbocycles. The van der Waals surface area contributed by atoms with Crippen LogP contribution in [-0.2, 0) is 0 Å². The van der Waals surface area contributed by atoms with Crippen LogP contribution in [0.25, 0.3) is 0 Å². The lowest BCUT2D eigenvalue weighted by molar-refractivity contribution is -0.0521. The molecule has 0 unspecified atom stereocenters.